The first-order valence-electron chi connectivity index (χ1n) is 11.0. The van der Waals surface area contributed by atoms with Gasteiger partial charge >= 0.3 is 0 Å². The van der Waals surface area contributed by atoms with Crippen molar-refractivity contribution in [2.24, 2.45) is 4.99 Å². The Morgan fingerprint density at radius 1 is 1.06 bits per heavy atom. The topological polar surface area (TPSA) is 55.6 Å². The van der Waals surface area contributed by atoms with Crippen LogP contribution >= 0.6 is 11.3 Å². The summed E-state index contributed by atoms with van der Waals surface area (Å²) >= 11 is 1.62. The van der Waals surface area contributed by atoms with Crippen LogP contribution in [0.1, 0.15) is 30.9 Å². The number of fused-ring (bicyclic) bond motifs is 1. The summed E-state index contributed by atoms with van der Waals surface area (Å²) in [6.07, 6.45) is 0. The maximum Gasteiger partial charge on any atom is 0.262 e. The summed E-state index contributed by atoms with van der Waals surface area (Å²) < 4.78 is 7.78. The molecule has 1 aliphatic heterocycles. The number of aromatic nitrogens is 1. The molecule has 4 aromatic rings. The Hall–Kier alpha value is -3.64. The van der Waals surface area contributed by atoms with Gasteiger partial charge in [0, 0.05) is 10.9 Å². The first-order chi connectivity index (χ1) is 16.1. The monoisotopic (exact) mass is 455 g/mol. The molecule has 1 aliphatic rings. The Morgan fingerprint density at radius 3 is 2.67 bits per heavy atom. The zero-order valence-corrected chi connectivity index (χ0v) is 19.4. The molecule has 1 amide bonds. The number of hydrogen-bond acceptors (Lipinski definition) is 4. The Bertz CT molecular complexity index is 1370. The predicted octanol–water partition coefficient (Wildman–Crippen LogP) is 5.95. The molecule has 3 aromatic carbocycles. The summed E-state index contributed by atoms with van der Waals surface area (Å²) in [4.78, 5) is 17.8. The number of para-hydroxylation sites is 1. The average molecular weight is 456 g/mol. The second-order valence-corrected chi connectivity index (χ2v) is 9.18. The van der Waals surface area contributed by atoms with E-state index in [-0.39, 0.29) is 12.5 Å². The van der Waals surface area contributed by atoms with Crippen molar-refractivity contribution in [1.29, 1.82) is 0 Å². The van der Waals surface area contributed by atoms with Crippen LogP contribution in [0.4, 0.5) is 11.4 Å². The molecule has 6 heteroatoms. The second-order valence-electron chi connectivity index (χ2n) is 8.35. The lowest BCUT2D eigenvalue weighted by Gasteiger charge is -2.19. The summed E-state index contributed by atoms with van der Waals surface area (Å²) in [7, 11) is 0. The summed E-state index contributed by atoms with van der Waals surface area (Å²) in [5, 5.41) is 5.04. The van der Waals surface area contributed by atoms with Crippen molar-refractivity contribution in [2.45, 2.75) is 26.3 Å². The van der Waals surface area contributed by atoms with Gasteiger partial charge in [-0.2, -0.15) is 0 Å². The molecule has 0 aliphatic carbocycles. The van der Waals surface area contributed by atoms with Crippen molar-refractivity contribution in [3.63, 3.8) is 0 Å². The third kappa shape index (κ3) is 4.47. The van der Waals surface area contributed by atoms with Gasteiger partial charge in [-0.25, -0.2) is 4.99 Å². The van der Waals surface area contributed by atoms with Crippen LogP contribution in [0.15, 0.2) is 83.2 Å². The lowest BCUT2D eigenvalue weighted by atomic mass is 10.0. The number of carbonyl (C=O) groups is 1. The number of rotatable bonds is 5. The Balaban J connectivity index is 1.65. The standard InChI is InChI=1S/C27H25N3O2S/c1-18(2)21-10-6-7-11-22(21)29-27-30(15-19-8-4-3-5-9-19)24(17-33-27)20-12-13-25-23(14-20)28-26(31)16-32-25/h3-14,17-18H,15-16H2,1-2H3,(H,28,31). The van der Waals surface area contributed by atoms with Crippen LogP contribution in [-0.4, -0.2) is 17.1 Å². The summed E-state index contributed by atoms with van der Waals surface area (Å²) in [5.74, 6) is 0.943. The van der Waals surface area contributed by atoms with Gasteiger partial charge in [0.1, 0.15) is 5.75 Å². The van der Waals surface area contributed by atoms with E-state index < -0.39 is 0 Å². The fourth-order valence-electron chi connectivity index (χ4n) is 3.99. The molecule has 33 heavy (non-hydrogen) atoms. The van der Waals surface area contributed by atoms with Gasteiger partial charge in [0.05, 0.1) is 23.6 Å². The number of nitrogens with one attached hydrogen (secondary N) is 1. The van der Waals surface area contributed by atoms with Gasteiger partial charge in [0.25, 0.3) is 5.91 Å². The average Bonchev–Trinajstić information content (AvgIpc) is 3.21. The molecule has 0 saturated carbocycles. The van der Waals surface area contributed by atoms with Crippen molar-refractivity contribution >= 4 is 28.6 Å². The number of nitrogens with zero attached hydrogens (tertiary/aromatic N) is 2. The lowest BCUT2D eigenvalue weighted by molar-refractivity contribution is -0.118. The molecule has 2 heterocycles. The fraction of sp³-hybridized carbons (Fsp3) is 0.185. The normalized spacial score (nSPS) is 13.5. The van der Waals surface area contributed by atoms with E-state index in [0.717, 1.165) is 21.7 Å². The van der Waals surface area contributed by atoms with Gasteiger partial charge in [0.15, 0.2) is 11.4 Å². The van der Waals surface area contributed by atoms with E-state index in [9.17, 15) is 4.79 Å². The first kappa shape index (κ1) is 21.2. The number of carbonyl (C=O) groups excluding carboxylic acids is 1. The Kier molecular flexibility index (Phi) is 5.84. The van der Waals surface area contributed by atoms with E-state index in [1.165, 1.54) is 11.1 Å². The molecule has 0 unspecified atom stereocenters. The summed E-state index contributed by atoms with van der Waals surface area (Å²) in [6, 6.07) is 24.6. The van der Waals surface area contributed by atoms with Gasteiger partial charge in [-0.15, -0.1) is 11.3 Å². The van der Waals surface area contributed by atoms with Crippen LogP contribution in [-0.2, 0) is 11.3 Å². The Morgan fingerprint density at radius 2 is 1.85 bits per heavy atom. The fourth-order valence-corrected chi connectivity index (χ4v) is 4.91. The van der Waals surface area contributed by atoms with E-state index in [2.05, 4.69) is 71.6 Å². The third-order valence-electron chi connectivity index (χ3n) is 5.66. The number of amides is 1. The second kappa shape index (κ2) is 9.08. The smallest absolute Gasteiger partial charge is 0.262 e. The van der Waals surface area contributed by atoms with Crippen LogP contribution in [0, 0.1) is 0 Å². The number of ether oxygens (including phenoxy) is 1. The lowest BCUT2D eigenvalue weighted by Crippen LogP contribution is -2.25. The molecular formula is C27H25N3O2S. The summed E-state index contributed by atoms with van der Waals surface area (Å²) in [6.45, 7) is 5.13. The third-order valence-corrected chi connectivity index (χ3v) is 6.53. The zero-order chi connectivity index (χ0) is 22.8. The molecule has 0 atom stereocenters. The maximum atomic E-state index is 11.8. The van der Waals surface area contributed by atoms with Crippen molar-refractivity contribution in [2.75, 3.05) is 11.9 Å². The molecule has 5 rings (SSSR count). The highest BCUT2D eigenvalue weighted by atomic mass is 32.1. The number of hydrogen-bond donors (Lipinski definition) is 1. The van der Waals surface area contributed by atoms with E-state index in [1.807, 2.05) is 30.3 Å². The van der Waals surface area contributed by atoms with E-state index in [0.29, 0.717) is 23.9 Å². The minimum Gasteiger partial charge on any atom is -0.482 e. The molecule has 0 bridgehead atoms. The highest BCUT2D eigenvalue weighted by Gasteiger charge is 2.18. The molecule has 1 aromatic heterocycles. The molecule has 5 nitrogen and oxygen atoms in total. The highest BCUT2D eigenvalue weighted by Crippen LogP contribution is 2.33. The van der Waals surface area contributed by atoms with Crippen LogP contribution in [0.25, 0.3) is 11.3 Å². The molecule has 0 saturated heterocycles. The molecule has 0 spiro atoms. The summed E-state index contributed by atoms with van der Waals surface area (Å²) in [5.41, 5.74) is 6.17. The van der Waals surface area contributed by atoms with Crippen molar-refractivity contribution < 1.29 is 9.53 Å². The zero-order valence-electron chi connectivity index (χ0n) is 18.6. The molecule has 0 radical (unpaired) electrons. The van der Waals surface area contributed by atoms with Crippen molar-refractivity contribution in [3.8, 4) is 17.0 Å². The van der Waals surface area contributed by atoms with E-state index in [1.54, 1.807) is 11.3 Å². The highest BCUT2D eigenvalue weighted by molar-refractivity contribution is 7.07. The van der Waals surface area contributed by atoms with Crippen molar-refractivity contribution in [1.82, 2.24) is 4.57 Å². The maximum absolute atomic E-state index is 11.8. The van der Waals surface area contributed by atoms with Crippen LogP contribution < -0.4 is 14.9 Å². The molecule has 0 fully saturated rings. The van der Waals surface area contributed by atoms with Gasteiger partial charge in [-0.3, -0.25) is 4.79 Å². The van der Waals surface area contributed by atoms with Gasteiger partial charge in [-0.1, -0.05) is 62.4 Å². The van der Waals surface area contributed by atoms with Crippen LogP contribution in [0.3, 0.4) is 0 Å². The van der Waals surface area contributed by atoms with Gasteiger partial charge < -0.3 is 14.6 Å². The Labute approximate surface area is 197 Å². The number of thiazole rings is 1. The van der Waals surface area contributed by atoms with E-state index in [4.69, 9.17) is 9.73 Å². The van der Waals surface area contributed by atoms with Gasteiger partial charge in [-0.05, 0) is 41.3 Å². The van der Waals surface area contributed by atoms with E-state index >= 15 is 0 Å². The molecule has 166 valence electrons. The molecule has 1 N–H and O–H groups in total. The number of anilines is 1. The SMILES string of the molecule is CC(C)c1ccccc1N=c1scc(-c2ccc3c(c2)NC(=O)CO3)n1Cc1ccccc1. The van der Waals surface area contributed by atoms with Gasteiger partial charge in [0.2, 0.25) is 0 Å². The largest absolute Gasteiger partial charge is 0.482 e. The number of benzene rings is 3. The minimum absolute atomic E-state index is 0.0527. The quantitative estimate of drug-likeness (QED) is 0.404. The minimum atomic E-state index is -0.136. The van der Waals surface area contributed by atoms with Crippen LogP contribution in [0.2, 0.25) is 0 Å². The van der Waals surface area contributed by atoms with Crippen molar-refractivity contribution in [3.05, 3.63) is 94.1 Å². The predicted molar refractivity (Wildman–Crippen MR) is 133 cm³/mol. The first-order valence-corrected chi connectivity index (χ1v) is 11.9. The van der Waals surface area contributed by atoms with Crippen LogP contribution in [0.5, 0.6) is 5.75 Å². The molecular weight excluding hydrogens is 430 g/mol.